The molecule has 1 unspecified atom stereocenters. The van der Waals surface area contributed by atoms with Crippen LogP contribution < -0.4 is 5.32 Å². The Morgan fingerprint density at radius 3 is 2.43 bits per heavy atom. The molecule has 3 N–H and O–H groups in total. The van der Waals surface area contributed by atoms with Crippen molar-refractivity contribution in [2.24, 2.45) is 0 Å². The van der Waals surface area contributed by atoms with Gasteiger partial charge in [-0.05, 0) is 45.2 Å². The predicted octanol–water partition coefficient (Wildman–Crippen LogP) is 2.30. The highest BCUT2D eigenvalue weighted by molar-refractivity contribution is 5.80. The number of nitrogens with one attached hydrogen (secondary N) is 1. The molecule has 0 aromatic heterocycles. The minimum atomic E-state index is -1.14. The zero-order chi connectivity index (χ0) is 16.0. The number of phenolic OH excluding ortho intramolecular Hbond substituents is 1. The summed E-state index contributed by atoms with van der Waals surface area (Å²) in [4.78, 5) is 22.8. The Balaban J connectivity index is 2.61. The second-order valence-electron chi connectivity index (χ2n) is 5.70. The molecular weight excluding hydrogens is 274 g/mol. The van der Waals surface area contributed by atoms with E-state index < -0.39 is 23.7 Å². The average molecular weight is 295 g/mol. The maximum absolute atomic E-state index is 11.6. The van der Waals surface area contributed by atoms with Crippen LogP contribution in [0, 0.1) is 0 Å². The van der Waals surface area contributed by atoms with Crippen molar-refractivity contribution in [1.82, 2.24) is 5.32 Å². The van der Waals surface area contributed by atoms with Gasteiger partial charge in [-0.25, -0.2) is 9.59 Å². The molecule has 0 radical (unpaired) electrons. The molecule has 0 saturated carbocycles. The van der Waals surface area contributed by atoms with E-state index in [4.69, 9.17) is 9.84 Å². The Morgan fingerprint density at radius 1 is 1.29 bits per heavy atom. The first-order valence-corrected chi connectivity index (χ1v) is 6.68. The largest absolute Gasteiger partial charge is 0.508 e. The number of carbonyl (C=O) groups excluding carboxylic acids is 1. The van der Waals surface area contributed by atoms with Crippen LogP contribution in [0.4, 0.5) is 4.79 Å². The van der Waals surface area contributed by atoms with Crippen LogP contribution in [0.25, 0.3) is 0 Å². The zero-order valence-electron chi connectivity index (χ0n) is 12.4. The second kappa shape index (κ2) is 6.97. The van der Waals surface area contributed by atoms with Gasteiger partial charge in [0.05, 0.1) is 0 Å². The summed E-state index contributed by atoms with van der Waals surface area (Å²) in [5.74, 6) is -1.03. The van der Waals surface area contributed by atoms with Crippen LogP contribution in [-0.4, -0.2) is 33.9 Å². The Bertz CT molecular complexity index is 507. The molecule has 116 valence electrons. The van der Waals surface area contributed by atoms with Gasteiger partial charge in [0.1, 0.15) is 17.4 Å². The van der Waals surface area contributed by atoms with Gasteiger partial charge in [-0.2, -0.15) is 0 Å². The summed E-state index contributed by atoms with van der Waals surface area (Å²) < 4.78 is 5.03. The number of amides is 1. The molecule has 0 bridgehead atoms. The molecule has 6 heteroatoms. The number of rotatable bonds is 5. The summed E-state index contributed by atoms with van der Waals surface area (Å²) in [5.41, 5.74) is -0.0556. The summed E-state index contributed by atoms with van der Waals surface area (Å²) in [6.45, 7) is 5.10. The maximum atomic E-state index is 11.6. The van der Waals surface area contributed by atoms with Crippen LogP contribution in [0.5, 0.6) is 5.75 Å². The fraction of sp³-hybridized carbons (Fsp3) is 0.467. The molecule has 1 amide bonds. The summed E-state index contributed by atoms with van der Waals surface area (Å²) >= 11 is 0. The van der Waals surface area contributed by atoms with E-state index in [2.05, 4.69) is 5.32 Å². The predicted molar refractivity (Wildman–Crippen MR) is 77.2 cm³/mol. The van der Waals surface area contributed by atoms with Crippen molar-refractivity contribution in [3.05, 3.63) is 29.8 Å². The van der Waals surface area contributed by atoms with Crippen LogP contribution in [0.3, 0.4) is 0 Å². The lowest BCUT2D eigenvalue weighted by Crippen LogP contribution is -2.43. The zero-order valence-corrected chi connectivity index (χ0v) is 12.4. The van der Waals surface area contributed by atoms with Gasteiger partial charge in [0.2, 0.25) is 0 Å². The quantitative estimate of drug-likeness (QED) is 0.774. The van der Waals surface area contributed by atoms with E-state index >= 15 is 0 Å². The molecule has 0 spiro atoms. The number of phenols is 1. The molecule has 1 aromatic rings. The standard InChI is InChI=1S/C15H21NO5/c1-15(2,3)21-14(20)16-11(13(18)19)9-8-10-6-4-5-7-12(10)17/h4-7,11,17H,8-9H2,1-3H3,(H,16,20)(H,18,19). The van der Waals surface area contributed by atoms with E-state index in [0.717, 1.165) is 0 Å². The molecule has 0 aliphatic rings. The molecule has 0 heterocycles. The van der Waals surface area contributed by atoms with Crippen LogP contribution in [0.2, 0.25) is 0 Å². The van der Waals surface area contributed by atoms with Crippen molar-refractivity contribution >= 4 is 12.1 Å². The highest BCUT2D eigenvalue weighted by Gasteiger charge is 2.23. The van der Waals surface area contributed by atoms with Crippen LogP contribution >= 0.6 is 0 Å². The smallest absolute Gasteiger partial charge is 0.408 e. The van der Waals surface area contributed by atoms with Crippen LogP contribution in [-0.2, 0) is 16.0 Å². The molecule has 21 heavy (non-hydrogen) atoms. The number of aliphatic carboxylic acids is 1. The Labute approximate surface area is 123 Å². The van der Waals surface area contributed by atoms with Crippen molar-refractivity contribution in [1.29, 1.82) is 0 Å². The first-order chi connectivity index (χ1) is 9.69. The molecule has 6 nitrogen and oxygen atoms in total. The fourth-order valence-electron chi connectivity index (χ4n) is 1.73. The highest BCUT2D eigenvalue weighted by atomic mass is 16.6. The van der Waals surface area contributed by atoms with E-state index in [-0.39, 0.29) is 12.2 Å². The van der Waals surface area contributed by atoms with Crippen LogP contribution in [0.1, 0.15) is 32.8 Å². The molecule has 0 saturated heterocycles. The summed E-state index contributed by atoms with van der Waals surface area (Å²) in [7, 11) is 0. The lowest BCUT2D eigenvalue weighted by molar-refractivity contribution is -0.139. The highest BCUT2D eigenvalue weighted by Crippen LogP contribution is 2.18. The van der Waals surface area contributed by atoms with Gasteiger partial charge in [-0.1, -0.05) is 18.2 Å². The summed E-state index contributed by atoms with van der Waals surface area (Å²) in [6.07, 6.45) is -0.279. The number of aromatic hydroxyl groups is 1. The molecular formula is C15H21NO5. The minimum absolute atomic E-state index is 0.110. The summed E-state index contributed by atoms with van der Waals surface area (Å²) in [5, 5.41) is 21.1. The number of benzene rings is 1. The Morgan fingerprint density at radius 2 is 1.90 bits per heavy atom. The number of carbonyl (C=O) groups is 2. The van der Waals surface area contributed by atoms with Gasteiger partial charge in [-0.3, -0.25) is 0 Å². The van der Waals surface area contributed by atoms with Crippen molar-refractivity contribution in [2.75, 3.05) is 0 Å². The van der Waals surface area contributed by atoms with Crippen molar-refractivity contribution in [3.8, 4) is 5.75 Å². The number of carboxylic acid groups (broad SMARTS) is 1. The van der Waals surface area contributed by atoms with E-state index in [1.807, 2.05) is 0 Å². The average Bonchev–Trinajstić information content (AvgIpc) is 2.33. The number of aryl methyl sites for hydroxylation is 1. The third-order valence-corrected chi connectivity index (χ3v) is 2.68. The Hall–Kier alpha value is -2.24. The maximum Gasteiger partial charge on any atom is 0.408 e. The van der Waals surface area contributed by atoms with E-state index in [9.17, 15) is 14.7 Å². The van der Waals surface area contributed by atoms with Gasteiger partial charge in [-0.15, -0.1) is 0 Å². The second-order valence-corrected chi connectivity index (χ2v) is 5.70. The third kappa shape index (κ3) is 6.16. The first kappa shape index (κ1) is 16.8. The van der Waals surface area contributed by atoms with Crippen molar-refractivity contribution in [2.45, 2.75) is 45.3 Å². The number of hydrogen-bond donors (Lipinski definition) is 3. The number of alkyl carbamates (subject to hydrolysis) is 1. The van der Waals surface area contributed by atoms with E-state index in [0.29, 0.717) is 12.0 Å². The molecule has 1 aromatic carbocycles. The number of carboxylic acids is 1. The lowest BCUT2D eigenvalue weighted by atomic mass is 10.0. The van der Waals surface area contributed by atoms with Gasteiger partial charge in [0, 0.05) is 0 Å². The topological polar surface area (TPSA) is 95.9 Å². The number of ether oxygens (including phenoxy) is 1. The van der Waals surface area contributed by atoms with Gasteiger partial charge in [0.15, 0.2) is 0 Å². The normalized spacial score (nSPS) is 12.5. The summed E-state index contributed by atoms with van der Waals surface area (Å²) in [6, 6.07) is 5.62. The molecule has 0 aliphatic heterocycles. The number of para-hydroxylation sites is 1. The lowest BCUT2D eigenvalue weighted by Gasteiger charge is -2.22. The van der Waals surface area contributed by atoms with Crippen molar-refractivity contribution < 1.29 is 24.5 Å². The molecule has 1 rings (SSSR count). The van der Waals surface area contributed by atoms with Gasteiger partial charge >= 0.3 is 12.1 Å². The van der Waals surface area contributed by atoms with Gasteiger partial charge in [0.25, 0.3) is 0 Å². The Kier molecular flexibility index (Phi) is 5.58. The van der Waals surface area contributed by atoms with Crippen LogP contribution in [0.15, 0.2) is 24.3 Å². The minimum Gasteiger partial charge on any atom is -0.508 e. The monoisotopic (exact) mass is 295 g/mol. The molecule has 0 fully saturated rings. The van der Waals surface area contributed by atoms with E-state index in [1.54, 1.807) is 39.0 Å². The number of hydrogen-bond acceptors (Lipinski definition) is 4. The van der Waals surface area contributed by atoms with E-state index in [1.165, 1.54) is 6.07 Å². The van der Waals surface area contributed by atoms with Crippen molar-refractivity contribution in [3.63, 3.8) is 0 Å². The van der Waals surface area contributed by atoms with Gasteiger partial charge < -0.3 is 20.3 Å². The third-order valence-electron chi connectivity index (χ3n) is 2.68. The SMILES string of the molecule is CC(C)(C)OC(=O)NC(CCc1ccccc1O)C(=O)O. The fourth-order valence-corrected chi connectivity index (χ4v) is 1.73. The molecule has 1 atom stereocenters. The first-order valence-electron chi connectivity index (χ1n) is 6.68. The molecule has 0 aliphatic carbocycles.